The second kappa shape index (κ2) is 16.7. The van der Waals surface area contributed by atoms with Gasteiger partial charge in [-0.15, -0.1) is 11.6 Å². The summed E-state index contributed by atoms with van der Waals surface area (Å²) in [6.45, 7) is 3.44. The van der Waals surface area contributed by atoms with E-state index in [2.05, 4.69) is 5.32 Å². The normalized spacial score (nSPS) is 22.2. The van der Waals surface area contributed by atoms with Crippen LogP contribution in [0.25, 0.3) is 0 Å². The zero-order chi connectivity index (χ0) is 34.0. The van der Waals surface area contributed by atoms with Gasteiger partial charge in [0.05, 0.1) is 12.8 Å². The number of anilines is 1. The number of alkyl halides is 1. The lowest BCUT2D eigenvalue weighted by atomic mass is 9.97. The molecular formula is C30H35ClN2O13. The minimum atomic E-state index is -1.67. The van der Waals surface area contributed by atoms with Gasteiger partial charge in [-0.25, -0.2) is 4.79 Å². The SMILES string of the molecule is COC(=O)[C@H]1O[C@@H](Oc2ccc(CCl)cc2NC(=O)CCCCCN2C(=O)C=CC2=O)[C@H](OC(C)=O)[C@@H](OC(C)=O)[C@@H]1OC(C)=O. The van der Waals surface area contributed by atoms with Gasteiger partial charge >= 0.3 is 23.9 Å². The van der Waals surface area contributed by atoms with E-state index in [9.17, 15) is 33.6 Å². The second-order valence-corrected chi connectivity index (χ2v) is 10.5. The molecule has 0 spiro atoms. The molecule has 0 radical (unpaired) electrons. The standard InChI is InChI=1S/C30H35ClN2O13/c1-16(34)42-25-26(43-17(2)35)28(44-18(3)36)30(46-27(25)29(40)41-4)45-21-10-9-19(15-31)14-20(21)32-22(37)8-6-5-7-13-33-23(38)11-12-24(33)39/h9-12,14,25-28,30H,5-8,13,15H2,1-4H3,(H,32,37)/t25-,26-,27-,28+,30+/m0/s1. The number of esters is 4. The highest BCUT2D eigenvalue weighted by molar-refractivity contribution is 6.17. The number of hydrogen-bond acceptors (Lipinski definition) is 13. The summed E-state index contributed by atoms with van der Waals surface area (Å²) in [4.78, 5) is 86.2. The highest BCUT2D eigenvalue weighted by Gasteiger charge is 2.56. The van der Waals surface area contributed by atoms with Crippen LogP contribution >= 0.6 is 11.6 Å². The molecule has 5 atom stereocenters. The van der Waals surface area contributed by atoms with E-state index in [0.717, 1.165) is 32.8 Å². The molecule has 0 unspecified atom stereocenters. The van der Waals surface area contributed by atoms with Crippen LogP contribution in [0.1, 0.15) is 52.0 Å². The number of nitrogens with zero attached hydrogens (tertiary/aromatic N) is 1. The average molecular weight is 667 g/mol. The van der Waals surface area contributed by atoms with Crippen molar-refractivity contribution in [3.63, 3.8) is 0 Å². The molecule has 1 saturated heterocycles. The Morgan fingerprint density at radius 1 is 0.870 bits per heavy atom. The third-order valence-electron chi connectivity index (χ3n) is 6.74. The van der Waals surface area contributed by atoms with Crippen molar-refractivity contribution in [2.75, 3.05) is 19.0 Å². The Kier molecular flexibility index (Phi) is 13.1. The van der Waals surface area contributed by atoms with Gasteiger partial charge < -0.3 is 33.7 Å². The predicted octanol–water partition coefficient (Wildman–Crippen LogP) is 1.92. The smallest absolute Gasteiger partial charge is 0.339 e. The zero-order valence-corrected chi connectivity index (χ0v) is 26.4. The lowest BCUT2D eigenvalue weighted by Gasteiger charge is -2.43. The highest BCUT2D eigenvalue weighted by Crippen LogP contribution is 2.34. The van der Waals surface area contributed by atoms with Crippen LogP contribution in [-0.2, 0) is 63.1 Å². The summed E-state index contributed by atoms with van der Waals surface area (Å²) in [5.74, 6) is -4.57. The summed E-state index contributed by atoms with van der Waals surface area (Å²) in [7, 11) is 1.06. The number of carbonyl (C=O) groups excluding carboxylic acids is 7. The van der Waals surface area contributed by atoms with Crippen molar-refractivity contribution >= 4 is 58.9 Å². The van der Waals surface area contributed by atoms with E-state index in [1.807, 2.05) is 0 Å². The van der Waals surface area contributed by atoms with Crippen molar-refractivity contribution in [1.82, 2.24) is 4.90 Å². The molecule has 1 fully saturated rings. The summed E-state index contributed by atoms with van der Waals surface area (Å²) in [6.07, 6.45) is -3.96. The topological polar surface area (TPSA) is 190 Å². The Morgan fingerprint density at radius 3 is 2.07 bits per heavy atom. The van der Waals surface area contributed by atoms with Crippen LogP contribution in [0.5, 0.6) is 5.75 Å². The molecule has 0 aliphatic carbocycles. The minimum Gasteiger partial charge on any atom is -0.467 e. The fraction of sp³-hybridized carbons (Fsp3) is 0.500. The monoisotopic (exact) mass is 666 g/mol. The Labute approximate surface area is 269 Å². The van der Waals surface area contributed by atoms with Gasteiger partial charge in [-0.1, -0.05) is 12.5 Å². The first-order chi connectivity index (χ1) is 21.8. The molecule has 1 aromatic carbocycles. The summed E-state index contributed by atoms with van der Waals surface area (Å²) in [5, 5.41) is 2.74. The Morgan fingerprint density at radius 2 is 1.48 bits per heavy atom. The molecule has 15 nitrogen and oxygen atoms in total. The van der Waals surface area contributed by atoms with Crippen molar-refractivity contribution in [2.45, 2.75) is 83.0 Å². The Bertz CT molecular complexity index is 1360. The van der Waals surface area contributed by atoms with E-state index in [-0.39, 0.29) is 42.1 Å². The van der Waals surface area contributed by atoms with Crippen molar-refractivity contribution in [2.24, 2.45) is 0 Å². The second-order valence-electron chi connectivity index (χ2n) is 10.3. The number of carbonyl (C=O) groups is 7. The number of nitrogens with one attached hydrogen (secondary N) is 1. The van der Waals surface area contributed by atoms with Crippen molar-refractivity contribution in [1.29, 1.82) is 0 Å². The predicted molar refractivity (Wildman–Crippen MR) is 157 cm³/mol. The maximum Gasteiger partial charge on any atom is 0.339 e. The molecule has 2 heterocycles. The van der Waals surface area contributed by atoms with Crippen LogP contribution in [0, 0.1) is 0 Å². The molecule has 250 valence electrons. The molecule has 0 aromatic heterocycles. The lowest BCUT2D eigenvalue weighted by molar-refractivity contribution is -0.282. The molecule has 1 N–H and O–H groups in total. The lowest BCUT2D eigenvalue weighted by Crippen LogP contribution is -2.64. The molecule has 2 aliphatic rings. The number of imide groups is 1. The maximum absolute atomic E-state index is 12.9. The van der Waals surface area contributed by atoms with E-state index in [0.29, 0.717) is 24.8 Å². The molecule has 3 amide bonds. The summed E-state index contributed by atoms with van der Waals surface area (Å²) < 4.78 is 32.6. The van der Waals surface area contributed by atoms with Crippen LogP contribution in [-0.4, -0.2) is 90.9 Å². The van der Waals surface area contributed by atoms with Crippen molar-refractivity contribution < 1.29 is 62.0 Å². The van der Waals surface area contributed by atoms with Gasteiger partial charge in [0, 0.05) is 51.8 Å². The van der Waals surface area contributed by atoms with Gasteiger partial charge in [0.15, 0.2) is 18.3 Å². The van der Waals surface area contributed by atoms with E-state index in [1.165, 1.54) is 18.2 Å². The van der Waals surface area contributed by atoms with Crippen LogP contribution in [0.4, 0.5) is 5.69 Å². The number of ether oxygens (including phenoxy) is 6. The van der Waals surface area contributed by atoms with E-state index in [4.69, 9.17) is 40.0 Å². The van der Waals surface area contributed by atoms with E-state index in [1.54, 1.807) is 12.1 Å². The minimum absolute atomic E-state index is 0.0130. The van der Waals surface area contributed by atoms with Gasteiger partial charge in [0.25, 0.3) is 11.8 Å². The van der Waals surface area contributed by atoms with E-state index < -0.39 is 60.5 Å². The number of methoxy groups -OCH3 is 1. The number of hydrogen-bond donors (Lipinski definition) is 1. The zero-order valence-electron chi connectivity index (χ0n) is 25.6. The third-order valence-corrected chi connectivity index (χ3v) is 7.04. The summed E-state index contributed by atoms with van der Waals surface area (Å²) in [6, 6.07) is 4.61. The van der Waals surface area contributed by atoms with Crippen LogP contribution in [0.15, 0.2) is 30.4 Å². The molecule has 2 aliphatic heterocycles. The van der Waals surface area contributed by atoms with E-state index >= 15 is 0 Å². The number of amides is 3. The summed E-state index contributed by atoms with van der Waals surface area (Å²) in [5.41, 5.74) is 0.771. The molecule has 1 aromatic rings. The van der Waals surface area contributed by atoms with Gasteiger partial charge in [0.1, 0.15) is 5.75 Å². The molecule has 16 heteroatoms. The molecule has 3 rings (SSSR count). The first kappa shape index (κ1) is 36.0. The van der Waals surface area contributed by atoms with Crippen molar-refractivity contribution in [3.05, 3.63) is 35.9 Å². The molecule has 46 heavy (non-hydrogen) atoms. The number of halogens is 1. The maximum atomic E-state index is 12.9. The number of benzene rings is 1. The van der Waals surface area contributed by atoms with Crippen LogP contribution in [0.2, 0.25) is 0 Å². The quantitative estimate of drug-likeness (QED) is 0.0997. The van der Waals surface area contributed by atoms with Crippen LogP contribution in [0.3, 0.4) is 0 Å². The fourth-order valence-corrected chi connectivity index (χ4v) is 4.92. The average Bonchev–Trinajstić information content (AvgIpc) is 3.31. The molecule has 0 saturated carbocycles. The molecule has 0 bridgehead atoms. The first-order valence-electron chi connectivity index (χ1n) is 14.3. The molecular weight excluding hydrogens is 632 g/mol. The third kappa shape index (κ3) is 9.75. The Hall–Kier alpha value is -4.50. The number of unbranched alkanes of at least 4 members (excludes halogenated alkanes) is 2. The Balaban J connectivity index is 1.81. The largest absolute Gasteiger partial charge is 0.467 e. The number of rotatable bonds is 14. The highest BCUT2D eigenvalue weighted by atomic mass is 35.5. The van der Waals surface area contributed by atoms with Crippen molar-refractivity contribution in [3.8, 4) is 5.75 Å². The first-order valence-corrected chi connectivity index (χ1v) is 14.8. The van der Waals surface area contributed by atoms with Crippen LogP contribution < -0.4 is 10.1 Å². The van der Waals surface area contributed by atoms with Gasteiger partial charge in [-0.05, 0) is 30.5 Å². The summed E-state index contributed by atoms with van der Waals surface area (Å²) >= 11 is 6.01. The van der Waals surface area contributed by atoms with Gasteiger partial charge in [-0.3, -0.25) is 33.7 Å². The van der Waals surface area contributed by atoms with Gasteiger partial charge in [0.2, 0.25) is 18.3 Å². The fourth-order valence-electron chi connectivity index (χ4n) is 4.76. The van der Waals surface area contributed by atoms with Gasteiger partial charge in [-0.2, -0.15) is 0 Å².